The van der Waals surface area contributed by atoms with Gasteiger partial charge in [0.05, 0.1) is 6.54 Å². The summed E-state index contributed by atoms with van der Waals surface area (Å²) in [6.45, 7) is 3.06. The molecular formula is C10H21N3O. The topological polar surface area (TPSA) is 73.3 Å². The molecule has 0 unspecified atom stereocenters. The highest BCUT2D eigenvalue weighted by Gasteiger charge is 2.13. The number of nitrogens with two attached hydrogens (primary N) is 2. The van der Waals surface area contributed by atoms with E-state index in [9.17, 15) is 0 Å². The first-order valence-electron chi connectivity index (χ1n) is 5.32. The molecule has 1 heterocycles. The molecule has 82 valence electrons. The van der Waals surface area contributed by atoms with E-state index in [1.54, 1.807) is 0 Å². The zero-order valence-corrected chi connectivity index (χ0v) is 8.67. The molecule has 0 amide bonds. The summed E-state index contributed by atoms with van der Waals surface area (Å²) in [5.41, 5.74) is 10.9. The predicted molar refractivity (Wildman–Crippen MR) is 57.8 cm³/mol. The molecule has 0 aromatic rings. The van der Waals surface area contributed by atoms with Gasteiger partial charge in [-0.1, -0.05) is 0 Å². The molecule has 4 nitrogen and oxygen atoms in total. The van der Waals surface area contributed by atoms with Crippen LogP contribution in [0.25, 0.3) is 0 Å². The Kier molecular flexibility index (Phi) is 5.59. The summed E-state index contributed by atoms with van der Waals surface area (Å²) in [5.74, 6) is 0.921. The Morgan fingerprint density at radius 3 is 2.86 bits per heavy atom. The number of hydrogen-bond donors (Lipinski definition) is 3. The minimum Gasteiger partial charge on any atom is -0.495 e. The summed E-state index contributed by atoms with van der Waals surface area (Å²) in [6.07, 6.45) is 5.32. The lowest BCUT2D eigenvalue weighted by Crippen LogP contribution is -2.36. The third kappa shape index (κ3) is 4.09. The van der Waals surface area contributed by atoms with Gasteiger partial charge in [-0.2, -0.15) is 0 Å². The van der Waals surface area contributed by atoms with Gasteiger partial charge in [0.1, 0.15) is 12.4 Å². The lowest BCUT2D eigenvalue weighted by molar-refractivity contribution is 0.159. The van der Waals surface area contributed by atoms with E-state index in [4.69, 9.17) is 16.2 Å². The number of ether oxygens (including phenoxy) is 1. The van der Waals surface area contributed by atoms with E-state index in [0.29, 0.717) is 12.6 Å². The van der Waals surface area contributed by atoms with E-state index in [2.05, 4.69) is 11.4 Å². The van der Waals surface area contributed by atoms with Crippen LogP contribution < -0.4 is 16.8 Å². The summed E-state index contributed by atoms with van der Waals surface area (Å²) in [7, 11) is 0. The molecule has 1 atom stereocenters. The second kappa shape index (κ2) is 6.81. The molecule has 0 saturated heterocycles. The lowest BCUT2D eigenvalue weighted by Gasteiger charge is -2.23. The van der Waals surface area contributed by atoms with Crippen molar-refractivity contribution >= 4 is 0 Å². The normalized spacial score (nSPS) is 21.6. The summed E-state index contributed by atoms with van der Waals surface area (Å²) in [4.78, 5) is 0. The van der Waals surface area contributed by atoms with Crippen LogP contribution in [0.15, 0.2) is 11.8 Å². The van der Waals surface area contributed by atoms with Crippen molar-refractivity contribution in [1.82, 2.24) is 5.32 Å². The van der Waals surface area contributed by atoms with Crippen LogP contribution in [0.5, 0.6) is 0 Å². The molecule has 0 saturated carbocycles. The van der Waals surface area contributed by atoms with Crippen molar-refractivity contribution in [3.63, 3.8) is 0 Å². The number of hydrogen-bond acceptors (Lipinski definition) is 4. The third-order valence-corrected chi connectivity index (χ3v) is 2.37. The van der Waals surface area contributed by atoms with Crippen molar-refractivity contribution in [2.24, 2.45) is 11.5 Å². The molecule has 1 rings (SSSR count). The van der Waals surface area contributed by atoms with Crippen molar-refractivity contribution in [3.05, 3.63) is 11.8 Å². The summed E-state index contributed by atoms with van der Waals surface area (Å²) < 4.78 is 5.45. The molecule has 1 aliphatic heterocycles. The number of rotatable bonds is 6. The fourth-order valence-corrected chi connectivity index (χ4v) is 1.47. The van der Waals surface area contributed by atoms with Gasteiger partial charge in [0.15, 0.2) is 0 Å². The van der Waals surface area contributed by atoms with Crippen LogP contribution in [0.4, 0.5) is 0 Å². The van der Waals surface area contributed by atoms with Crippen LogP contribution in [-0.2, 0) is 4.74 Å². The average Bonchev–Trinajstić information content (AvgIpc) is 2.25. The van der Waals surface area contributed by atoms with Gasteiger partial charge in [0.2, 0.25) is 0 Å². The first-order chi connectivity index (χ1) is 6.86. The fraction of sp³-hybridized carbons (Fsp3) is 0.800. The van der Waals surface area contributed by atoms with E-state index >= 15 is 0 Å². The smallest absolute Gasteiger partial charge is 0.106 e. The van der Waals surface area contributed by atoms with Crippen LogP contribution in [-0.4, -0.2) is 32.3 Å². The number of nitrogens with one attached hydrogen (secondary N) is 1. The zero-order chi connectivity index (χ0) is 10.2. The summed E-state index contributed by atoms with van der Waals surface area (Å²) >= 11 is 0. The Morgan fingerprint density at radius 1 is 1.43 bits per heavy atom. The standard InChI is InChI=1S/C10H21N3O/c11-5-1-2-6-13-9-3-4-10(7-12)14-8-9/h4,9,13H,1-3,5-8,11-12H2/t9-/m1/s1. The van der Waals surface area contributed by atoms with Crippen molar-refractivity contribution < 1.29 is 4.74 Å². The van der Waals surface area contributed by atoms with Crippen molar-refractivity contribution in [3.8, 4) is 0 Å². The molecule has 0 aliphatic carbocycles. The van der Waals surface area contributed by atoms with Crippen LogP contribution in [0.2, 0.25) is 0 Å². The average molecular weight is 199 g/mol. The Hall–Kier alpha value is -0.580. The van der Waals surface area contributed by atoms with Crippen molar-refractivity contribution in [1.29, 1.82) is 0 Å². The van der Waals surface area contributed by atoms with Gasteiger partial charge < -0.3 is 21.5 Å². The molecule has 0 fully saturated rings. The van der Waals surface area contributed by atoms with Crippen LogP contribution >= 0.6 is 0 Å². The van der Waals surface area contributed by atoms with Gasteiger partial charge in [-0.15, -0.1) is 0 Å². The summed E-state index contributed by atoms with van der Waals surface area (Å²) in [5, 5.41) is 3.44. The Morgan fingerprint density at radius 2 is 2.29 bits per heavy atom. The highest BCUT2D eigenvalue weighted by Crippen LogP contribution is 2.09. The van der Waals surface area contributed by atoms with Gasteiger partial charge in [-0.05, 0) is 38.4 Å². The molecular weight excluding hydrogens is 178 g/mol. The predicted octanol–water partition coefficient (Wildman–Crippen LogP) is -0.0536. The van der Waals surface area contributed by atoms with Gasteiger partial charge >= 0.3 is 0 Å². The molecule has 5 N–H and O–H groups in total. The van der Waals surface area contributed by atoms with Crippen molar-refractivity contribution in [2.75, 3.05) is 26.2 Å². The van der Waals surface area contributed by atoms with Gasteiger partial charge in [0, 0.05) is 6.04 Å². The molecule has 0 radical (unpaired) electrons. The van der Waals surface area contributed by atoms with Gasteiger partial charge in [0.25, 0.3) is 0 Å². The lowest BCUT2D eigenvalue weighted by atomic mass is 10.1. The molecule has 0 spiro atoms. The van der Waals surface area contributed by atoms with E-state index in [-0.39, 0.29) is 0 Å². The fourth-order valence-electron chi connectivity index (χ4n) is 1.47. The molecule has 0 aromatic carbocycles. The highest BCUT2D eigenvalue weighted by atomic mass is 16.5. The largest absolute Gasteiger partial charge is 0.495 e. The monoisotopic (exact) mass is 199 g/mol. The molecule has 0 aromatic heterocycles. The Labute approximate surface area is 85.7 Å². The maximum Gasteiger partial charge on any atom is 0.106 e. The minimum absolute atomic E-state index is 0.447. The minimum atomic E-state index is 0.447. The van der Waals surface area contributed by atoms with E-state index in [1.165, 1.54) is 0 Å². The van der Waals surface area contributed by atoms with Crippen LogP contribution in [0, 0.1) is 0 Å². The second-order valence-corrected chi connectivity index (χ2v) is 3.57. The molecule has 0 bridgehead atoms. The van der Waals surface area contributed by atoms with Crippen molar-refractivity contribution in [2.45, 2.75) is 25.3 Å². The van der Waals surface area contributed by atoms with Crippen LogP contribution in [0.3, 0.4) is 0 Å². The van der Waals surface area contributed by atoms with Gasteiger partial charge in [-0.25, -0.2) is 0 Å². The first kappa shape index (κ1) is 11.5. The quantitative estimate of drug-likeness (QED) is 0.524. The van der Waals surface area contributed by atoms with E-state index < -0.39 is 0 Å². The van der Waals surface area contributed by atoms with E-state index in [0.717, 1.165) is 44.7 Å². The SMILES string of the molecule is NCCCCN[C@@H]1CC=C(CN)OC1. The Bertz CT molecular complexity index is 182. The number of unbranched alkanes of at least 4 members (excludes halogenated alkanes) is 1. The maximum atomic E-state index is 5.46. The zero-order valence-electron chi connectivity index (χ0n) is 8.67. The van der Waals surface area contributed by atoms with E-state index in [1.807, 2.05) is 0 Å². The Balaban J connectivity index is 2.07. The highest BCUT2D eigenvalue weighted by molar-refractivity contribution is 5.00. The molecule has 1 aliphatic rings. The van der Waals surface area contributed by atoms with Gasteiger partial charge in [-0.3, -0.25) is 0 Å². The second-order valence-electron chi connectivity index (χ2n) is 3.57. The maximum absolute atomic E-state index is 5.46. The summed E-state index contributed by atoms with van der Waals surface area (Å²) in [6, 6.07) is 0.447. The molecule has 4 heteroatoms. The first-order valence-corrected chi connectivity index (χ1v) is 5.32. The third-order valence-electron chi connectivity index (χ3n) is 2.37. The van der Waals surface area contributed by atoms with Crippen LogP contribution in [0.1, 0.15) is 19.3 Å². The molecule has 14 heavy (non-hydrogen) atoms.